The van der Waals surface area contributed by atoms with Gasteiger partial charge in [-0.3, -0.25) is 9.78 Å². The number of aryl methyl sites for hydroxylation is 1. The van der Waals surface area contributed by atoms with Crippen molar-refractivity contribution in [3.8, 4) is 11.5 Å². The molecule has 0 unspecified atom stereocenters. The van der Waals surface area contributed by atoms with Crippen LogP contribution in [-0.4, -0.2) is 29.9 Å². The minimum absolute atomic E-state index is 0.249. The van der Waals surface area contributed by atoms with Crippen molar-refractivity contribution in [1.29, 1.82) is 0 Å². The summed E-state index contributed by atoms with van der Waals surface area (Å²) in [5.41, 5.74) is 3.72. The van der Waals surface area contributed by atoms with Crippen LogP contribution in [0.15, 0.2) is 28.1 Å². The normalized spacial score (nSPS) is 10.8. The lowest BCUT2D eigenvalue weighted by molar-refractivity contribution is 0.311. The Hall–Kier alpha value is -2.54. The van der Waals surface area contributed by atoms with E-state index in [0.29, 0.717) is 34.4 Å². The van der Waals surface area contributed by atoms with E-state index in [1.807, 2.05) is 6.92 Å². The summed E-state index contributed by atoms with van der Waals surface area (Å²) in [4.78, 5) is 18.0. The molecule has 1 aromatic heterocycles. The number of hydrogen-bond donors (Lipinski definition) is 2. The Kier molecular flexibility index (Phi) is 5.59. The van der Waals surface area contributed by atoms with Gasteiger partial charge in [0.25, 0.3) is 5.56 Å². The van der Waals surface area contributed by atoms with E-state index in [0.717, 1.165) is 0 Å². The van der Waals surface area contributed by atoms with Crippen LogP contribution in [0.3, 0.4) is 0 Å². The van der Waals surface area contributed by atoms with Crippen LogP contribution < -0.4 is 20.5 Å². The van der Waals surface area contributed by atoms with Gasteiger partial charge in [-0.1, -0.05) is 11.6 Å². The fourth-order valence-corrected chi connectivity index (χ4v) is 2.22. The molecule has 23 heavy (non-hydrogen) atoms. The maximum Gasteiger partial charge on any atom is 0.252 e. The molecule has 0 atom stereocenters. The van der Waals surface area contributed by atoms with Crippen LogP contribution in [-0.2, 0) is 0 Å². The molecule has 0 fully saturated rings. The fraction of sp³-hybridized carbons (Fsp3) is 0.267. The lowest BCUT2D eigenvalue weighted by Crippen LogP contribution is -2.10. The first-order valence-electron chi connectivity index (χ1n) is 6.91. The molecule has 122 valence electrons. The summed E-state index contributed by atoms with van der Waals surface area (Å²) in [6, 6.07) is 4.85. The monoisotopic (exact) mass is 336 g/mol. The highest BCUT2D eigenvalue weighted by molar-refractivity contribution is 6.32. The number of H-pyrrole nitrogens is 1. The molecule has 0 spiro atoms. The standard InChI is InChI=1S/C15H17ClN4O3/c1-4-23-12-7-10(6-11(16)14(12)22-3)8-17-20-15-18-9(2)5-13(21)19-15/h5-8H,4H2,1-3H3,(H2,18,19,20,21)/b17-8-. The number of nitrogens with one attached hydrogen (secondary N) is 2. The number of methoxy groups -OCH3 is 1. The summed E-state index contributed by atoms with van der Waals surface area (Å²) in [6.45, 7) is 4.08. The number of rotatable bonds is 6. The lowest BCUT2D eigenvalue weighted by atomic mass is 10.2. The van der Waals surface area contributed by atoms with E-state index in [2.05, 4.69) is 20.5 Å². The number of aromatic nitrogens is 2. The maximum atomic E-state index is 11.3. The van der Waals surface area contributed by atoms with E-state index < -0.39 is 0 Å². The molecule has 0 aliphatic heterocycles. The Bertz CT molecular complexity index is 774. The molecule has 0 radical (unpaired) electrons. The van der Waals surface area contributed by atoms with Gasteiger partial charge in [-0.05, 0) is 31.5 Å². The topological polar surface area (TPSA) is 88.6 Å². The van der Waals surface area contributed by atoms with E-state index in [4.69, 9.17) is 21.1 Å². The van der Waals surface area contributed by atoms with E-state index in [1.165, 1.54) is 19.4 Å². The van der Waals surface area contributed by atoms with Gasteiger partial charge in [0.05, 0.1) is 25.0 Å². The first-order chi connectivity index (χ1) is 11.0. The zero-order valence-electron chi connectivity index (χ0n) is 13.0. The van der Waals surface area contributed by atoms with Gasteiger partial charge < -0.3 is 9.47 Å². The number of hydrogen-bond acceptors (Lipinski definition) is 6. The molecule has 0 aliphatic rings. The Morgan fingerprint density at radius 1 is 1.43 bits per heavy atom. The average Bonchev–Trinajstić information content (AvgIpc) is 2.46. The largest absolute Gasteiger partial charge is 0.491 e. The molecular weight excluding hydrogens is 320 g/mol. The zero-order valence-corrected chi connectivity index (χ0v) is 13.8. The molecule has 8 heteroatoms. The third-order valence-corrected chi connectivity index (χ3v) is 3.07. The molecule has 1 heterocycles. The van der Waals surface area contributed by atoms with E-state index in [-0.39, 0.29) is 11.5 Å². The Morgan fingerprint density at radius 3 is 2.87 bits per heavy atom. The van der Waals surface area contributed by atoms with Gasteiger partial charge in [0.15, 0.2) is 11.5 Å². The predicted octanol–water partition coefficient (Wildman–Crippen LogP) is 2.59. The summed E-state index contributed by atoms with van der Waals surface area (Å²) >= 11 is 6.16. The number of halogens is 1. The predicted molar refractivity (Wildman–Crippen MR) is 90.0 cm³/mol. The van der Waals surface area contributed by atoms with Crippen molar-refractivity contribution in [1.82, 2.24) is 9.97 Å². The van der Waals surface area contributed by atoms with Crippen LogP contribution in [0.5, 0.6) is 11.5 Å². The van der Waals surface area contributed by atoms with Crippen molar-refractivity contribution in [2.24, 2.45) is 5.10 Å². The van der Waals surface area contributed by atoms with Gasteiger partial charge in [0, 0.05) is 11.8 Å². The summed E-state index contributed by atoms with van der Waals surface area (Å²) in [5, 5.41) is 4.45. The van der Waals surface area contributed by atoms with Crippen molar-refractivity contribution < 1.29 is 9.47 Å². The quantitative estimate of drug-likeness (QED) is 0.625. The van der Waals surface area contributed by atoms with E-state index in [9.17, 15) is 4.79 Å². The van der Waals surface area contributed by atoms with Gasteiger partial charge in [-0.15, -0.1) is 0 Å². The molecule has 2 rings (SSSR count). The van der Waals surface area contributed by atoms with Crippen LogP contribution in [0.1, 0.15) is 18.2 Å². The SMILES string of the molecule is CCOc1cc(/C=N\Nc2nc(C)cc(=O)[nH]2)cc(Cl)c1OC. The van der Waals surface area contributed by atoms with Gasteiger partial charge in [-0.25, -0.2) is 10.4 Å². The zero-order chi connectivity index (χ0) is 16.8. The molecular formula is C15H17ClN4O3. The number of anilines is 1. The lowest BCUT2D eigenvalue weighted by Gasteiger charge is -2.11. The molecule has 1 aromatic carbocycles. The molecule has 0 amide bonds. The van der Waals surface area contributed by atoms with Crippen molar-refractivity contribution in [2.45, 2.75) is 13.8 Å². The first-order valence-corrected chi connectivity index (χ1v) is 7.28. The summed E-state index contributed by atoms with van der Waals surface area (Å²) in [7, 11) is 1.53. The van der Waals surface area contributed by atoms with Crippen LogP contribution in [0.2, 0.25) is 5.02 Å². The smallest absolute Gasteiger partial charge is 0.252 e. The van der Waals surface area contributed by atoms with Gasteiger partial charge >= 0.3 is 0 Å². The van der Waals surface area contributed by atoms with Crippen molar-refractivity contribution in [3.05, 3.63) is 44.8 Å². The Labute approximate surface area is 138 Å². The van der Waals surface area contributed by atoms with E-state index >= 15 is 0 Å². The summed E-state index contributed by atoms with van der Waals surface area (Å²) in [6.07, 6.45) is 1.54. The molecule has 2 aromatic rings. The molecule has 0 bridgehead atoms. The molecule has 2 N–H and O–H groups in total. The molecule has 7 nitrogen and oxygen atoms in total. The average molecular weight is 337 g/mol. The van der Waals surface area contributed by atoms with Crippen LogP contribution in [0, 0.1) is 6.92 Å². The van der Waals surface area contributed by atoms with Gasteiger partial charge in [-0.2, -0.15) is 5.10 Å². The summed E-state index contributed by atoms with van der Waals surface area (Å²) < 4.78 is 10.7. The third kappa shape index (κ3) is 4.46. The van der Waals surface area contributed by atoms with Crippen LogP contribution in [0.25, 0.3) is 0 Å². The fourth-order valence-electron chi connectivity index (χ4n) is 1.92. The molecule has 0 aliphatic carbocycles. The molecule has 0 saturated heterocycles. The highest BCUT2D eigenvalue weighted by atomic mass is 35.5. The van der Waals surface area contributed by atoms with Crippen LogP contribution in [0.4, 0.5) is 5.95 Å². The number of benzene rings is 1. The highest BCUT2D eigenvalue weighted by Gasteiger charge is 2.10. The number of hydrazone groups is 1. The maximum absolute atomic E-state index is 11.3. The third-order valence-electron chi connectivity index (χ3n) is 2.79. The van der Waals surface area contributed by atoms with Gasteiger partial charge in [0.2, 0.25) is 5.95 Å². The second-order valence-corrected chi connectivity index (χ2v) is 4.98. The highest BCUT2D eigenvalue weighted by Crippen LogP contribution is 2.35. The number of aromatic amines is 1. The number of nitrogens with zero attached hydrogens (tertiary/aromatic N) is 2. The second-order valence-electron chi connectivity index (χ2n) is 4.57. The second kappa shape index (κ2) is 7.64. The van der Waals surface area contributed by atoms with Crippen molar-refractivity contribution >= 4 is 23.8 Å². The van der Waals surface area contributed by atoms with Crippen molar-refractivity contribution in [2.75, 3.05) is 19.1 Å². The summed E-state index contributed by atoms with van der Waals surface area (Å²) in [5.74, 6) is 1.27. The Balaban J connectivity index is 2.20. The van der Waals surface area contributed by atoms with E-state index in [1.54, 1.807) is 19.1 Å². The van der Waals surface area contributed by atoms with Crippen LogP contribution >= 0.6 is 11.6 Å². The Morgan fingerprint density at radius 2 is 2.22 bits per heavy atom. The first kappa shape index (κ1) is 16.8. The molecule has 0 saturated carbocycles. The number of ether oxygens (including phenoxy) is 2. The minimum Gasteiger partial charge on any atom is -0.491 e. The van der Waals surface area contributed by atoms with Crippen molar-refractivity contribution in [3.63, 3.8) is 0 Å². The minimum atomic E-state index is -0.249. The van der Waals surface area contributed by atoms with Gasteiger partial charge in [0.1, 0.15) is 0 Å².